The standard InChI is InChI=1S/C9H18ClNO/c1-4-6-7(3)8(10)9(12)11-5-2/h7-8H,4-6H2,1-3H3,(H,11,12). The van der Waals surface area contributed by atoms with Gasteiger partial charge in [-0.05, 0) is 19.3 Å². The summed E-state index contributed by atoms with van der Waals surface area (Å²) in [5.74, 6) is 0.225. The summed E-state index contributed by atoms with van der Waals surface area (Å²) in [5.41, 5.74) is 0. The first-order chi connectivity index (χ1) is 5.63. The molecule has 2 atom stereocenters. The highest BCUT2D eigenvalue weighted by atomic mass is 35.5. The molecule has 0 aromatic carbocycles. The molecule has 3 heteroatoms. The summed E-state index contributed by atoms with van der Waals surface area (Å²) in [6.45, 7) is 6.65. The second-order valence-electron chi connectivity index (χ2n) is 3.06. The third-order valence-corrected chi connectivity index (χ3v) is 2.47. The largest absolute Gasteiger partial charge is 0.355 e. The minimum atomic E-state index is -0.370. The topological polar surface area (TPSA) is 29.1 Å². The monoisotopic (exact) mass is 191 g/mol. The molecule has 0 aliphatic carbocycles. The molecule has 1 N–H and O–H groups in total. The van der Waals surface area contributed by atoms with Gasteiger partial charge in [-0.1, -0.05) is 20.3 Å². The molecule has 0 bridgehead atoms. The van der Waals surface area contributed by atoms with Gasteiger partial charge in [0.1, 0.15) is 5.38 Å². The van der Waals surface area contributed by atoms with Gasteiger partial charge in [-0.15, -0.1) is 11.6 Å². The van der Waals surface area contributed by atoms with E-state index in [0.717, 1.165) is 12.8 Å². The smallest absolute Gasteiger partial charge is 0.238 e. The number of carbonyl (C=O) groups is 1. The molecule has 0 saturated carbocycles. The van der Waals surface area contributed by atoms with Crippen LogP contribution in [0.25, 0.3) is 0 Å². The summed E-state index contributed by atoms with van der Waals surface area (Å²) in [5, 5.41) is 2.34. The van der Waals surface area contributed by atoms with Gasteiger partial charge in [0, 0.05) is 6.54 Å². The second kappa shape index (κ2) is 6.30. The molecule has 0 fully saturated rings. The third kappa shape index (κ3) is 3.96. The summed E-state index contributed by atoms with van der Waals surface area (Å²) >= 11 is 5.93. The lowest BCUT2D eigenvalue weighted by molar-refractivity contribution is -0.121. The summed E-state index contributed by atoms with van der Waals surface area (Å²) in [6.07, 6.45) is 2.08. The van der Waals surface area contributed by atoms with Crippen molar-refractivity contribution in [1.82, 2.24) is 5.32 Å². The Morgan fingerprint density at radius 1 is 1.50 bits per heavy atom. The minimum absolute atomic E-state index is 0.0416. The molecular weight excluding hydrogens is 174 g/mol. The van der Waals surface area contributed by atoms with Crippen LogP contribution in [0.3, 0.4) is 0 Å². The van der Waals surface area contributed by atoms with E-state index < -0.39 is 0 Å². The Hall–Kier alpha value is -0.240. The summed E-state index contributed by atoms with van der Waals surface area (Å²) in [6, 6.07) is 0. The van der Waals surface area contributed by atoms with Crippen molar-refractivity contribution in [3.8, 4) is 0 Å². The molecule has 2 nitrogen and oxygen atoms in total. The van der Waals surface area contributed by atoms with E-state index in [4.69, 9.17) is 11.6 Å². The molecule has 0 aliphatic heterocycles. The minimum Gasteiger partial charge on any atom is -0.355 e. The average molecular weight is 192 g/mol. The van der Waals surface area contributed by atoms with Crippen molar-refractivity contribution < 1.29 is 4.79 Å². The zero-order chi connectivity index (χ0) is 9.56. The summed E-state index contributed by atoms with van der Waals surface area (Å²) < 4.78 is 0. The molecule has 0 aliphatic rings. The SMILES string of the molecule is CCCC(C)C(Cl)C(=O)NCC. The molecule has 0 aromatic rings. The van der Waals surface area contributed by atoms with Crippen LogP contribution in [0, 0.1) is 5.92 Å². The van der Waals surface area contributed by atoms with E-state index in [1.165, 1.54) is 0 Å². The van der Waals surface area contributed by atoms with E-state index in [-0.39, 0.29) is 17.2 Å². The fourth-order valence-corrected chi connectivity index (χ4v) is 1.33. The van der Waals surface area contributed by atoms with E-state index in [0.29, 0.717) is 6.54 Å². The van der Waals surface area contributed by atoms with Gasteiger partial charge in [0.2, 0.25) is 5.91 Å². The molecule has 72 valence electrons. The first-order valence-electron chi connectivity index (χ1n) is 4.55. The molecule has 1 amide bonds. The van der Waals surface area contributed by atoms with E-state index >= 15 is 0 Å². The molecule has 2 unspecified atom stereocenters. The van der Waals surface area contributed by atoms with E-state index in [1.807, 2.05) is 13.8 Å². The van der Waals surface area contributed by atoms with Crippen LogP contribution in [0.2, 0.25) is 0 Å². The quantitative estimate of drug-likeness (QED) is 0.664. The van der Waals surface area contributed by atoms with Crippen LogP contribution >= 0.6 is 11.6 Å². The Morgan fingerprint density at radius 2 is 2.08 bits per heavy atom. The van der Waals surface area contributed by atoms with Gasteiger partial charge in [-0.3, -0.25) is 4.79 Å². The maximum atomic E-state index is 11.2. The van der Waals surface area contributed by atoms with Gasteiger partial charge in [-0.25, -0.2) is 0 Å². The van der Waals surface area contributed by atoms with Gasteiger partial charge >= 0.3 is 0 Å². The Morgan fingerprint density at radius 3 is 2.50 bits per heavy atom. The lowest BCUT2D eigenvalue weighted by Crippen LogP contribution is -2.34. The normalized spacial score (nSPS) is 15.3. The highest BCUT2D eigenvalue weighted by Gasteiger charge is 2.20. The van der Waals surface area contributed by atoms with Crippen LogP contribution in [0.1, 0.15) is 33.6 Å². The van der Waals surface area contributed by atoms with Crippen molar-refractivity contribution in [1.29, 1.82) is 0 Å². The maximum Gasteiger partial charge on any atom is 0.238 e. The number of rotatable bonds is 5. The molecule has 12 heavy (non-hydrogen) atoms. The van der Waals surface area contributed by atoms with Crippen LogP contribution in [-0.2, 0) is 4.79 Å². The van der Waals surface area contributed by atoms with Crippen LogP contribution < -0.4 is 5.32 Å². The number of nitrogens with one attached hydrogen (secondary N) is 1. The molecule has 0 radical (unpaired) electrons. The number of carbonyl (C=O) groups excluding carboxylic acids is 1. The van der Waals surface area contributed by atoms with Crippen molar-refractivity contribution in [2.45, 2.75) is 39.0 Å². The van der Waals surface area contributed by atoms with Crippen LogP contribution in [-0.4, -0.2) is 17.8 Å². The molecule has 0 heterocycles. The van der Waals surface area contributed by atoms with Crippen molar-refractivity contribution in [2.24, 2.45) is 5.92 Å². The van der Waals surface area contributed by atoms with Gasteiger partial charge < -0.3 is 5.32 Å². The van der Waals surface area contributed by atoms with Crippen molar-refractivity contribution >= 4 is 17.5 Å². The number of alkyl halides is 1. The number of amides is 1. The lowest BCUT2D eigenvalue weighted by atomic mass is 10.0. The Balaban J connectivity index is 3.82. The number of hydrogen-bond acceptors (Lipinski definition) is 1. The van der Waals surface area contributed by atoms with Gasteiger partial charge in [-0.2, -0.15) is 0 Å². The molecular formula is C9H18ClNO. The van der Waals surface area contributed by atoms with Crippen molar-refractivity contribution in [3.05, 3.63) is 0 Å². The van der Waals surface area contributed by atoms with Gasteiger partial charge in [0.25, 0.3) is 0 Å². The first kappa shape index (κ1) is 11.8. The van der Waals surface area contributed by atoms with Crippen LogP contribution in [0.15, 0.2) is 0 Å². The predicted molar refractivity (Wildman–Crippen MR) is 52.4 cm³/mol. The average Bonchev–Trinajstić information content (AvgIpc) is 2.04. The van der Waals surface area contributed by atoms with Crippen LogP contribution in [0.5, 0.6) is 0 Å². The molecule has 0 saturated heterocycles. The zero-order valence-corrected chi connectivity index (χ0v) is 8.82. The zero-order valence-electron chi connectivity index (χ0n) is 8.06. The Labute approximate surface area is 79.7 Å². The fourth-order valence-electron chi connectivity index (χ4n) is 1.13. The predicted octanol–water partition coefficient (Wildman–Crippen LogP) is 2.17. The van der Waals surface area contributed by atoms with E-state index in [2.05, 4.69) is 12.2 Å². The van der Waals surface area contributed by atoms with Gasteiger partial charge in [0.15, 0.2) is 0 Å². The lowest BCUT2D eigenvalue weighted by Gasteiger charge is -2.15. The maximum absolute atomic E-state index is 11.2. The van der Waals surface area contributed by atoms with Crippen molar-refractivity contribution in [2.75, 3.05) is 6.54 Å². The molecule has 0 spiro atoms. The van der Waals surface area contributed by atoms with E-state index in [9.17, 15) is 4.79 Å². The Bertz CT molecular complexity index is 138. The van der Waals surface area contributed by atoms with E-state index in [1.54, 1.807) is 0 Å². The fraction of sp³-hybridized carbons (Fsp3) is 0.889. The Kier molecular flexibility index (Phi) is 6.17. The molecule has 0 rings (SSSR count). The van der Waals surface area contributed by atoms with Crippen molar-refractivity contribution in [3.63, 3.8) is 0 Å². The van der Waals surface area contributed by atoms with Crippen LogP contribution in [0.4, 0.5) is 0 Å². The van der Waals surface area contributed by atoms with Gasteiger partial charge in [0.05, 0.1) is 0 Å². The second-order valence-corrected chi connectivity index (χ2v) is 3.53. The molecule has 0 aromatic heterocycles. The highest BCUT2D eigenvalue weighted by Crippen LogP contribution is 2.15. The number of halogens is 1. The summed E-state index contributed by atoms with van der Waals surface area (Å²) in [7, 11) is 0. The number of hydrogen-bond donors (Lipinski definition) is 1. The first-order valence-corrected chi connectivity index (χ1v) is 4.98. The highest BCUT2D eigenvalue weighted by molar-refractivity contribution is 6.30. The third-order valence-electron chi connectivity index (χ3n) is 1.85. The summed E-state index contributed by atoms with van der Waals surface area (Å²) in [4.78, 5) is 11.2.